The van der Waals surface area contributed by atoms with Gasteiger partial charge < -0.3 is 11.1 Å². The average molecular weight is 384 g/mol. The molecule has 0 atom stereocenters. The number of halogens is 3. The van der Waals surface area contributed by atoms with Crippen LogP contribution in [0, 0.1) is 11.6 Å². The normalized spacial score (nSPS) is 10.4. The molecule has 4 aromatic rings. The van der Waals surface area contributed by atoms with Crippen LogP contribution in [0.25, 0.3) is 22.2 Å². The molecule has 0 radical (unpaired) electrons. The third-order valence-electron chi connectivity index (χ3n) is 4.10. The summed E-state index contributed by atoms with van der Waals surface area (Å²) in [6.07, 6.45) is 0. The number of rotatable bonds is 3. The second kappa shape index (κ2) is 7.60. The molecule has 0 aliphatic rings. The van der Waals surface area contributed by atoms with Gasteiger partial charge >= 0.3 is 0 Å². The van der Waals surface area contributed by atoms with Crippen LogP contribution in [0.1, 0.15) is 0 Å². The summed E-state index contributed by atoms with van der Waals surface area (Å²) in [4.78, 5) is 4.69. The van der Waals surface area contributed by atoms with Crippen molar-refractivity contribution in [1.82, 2.24) is 4.98 Å². The lowest BCUT2D eigenvalue weighted by Gasteiger charge is -2.13. The molecule has 3 N–H and O–H groups in total. The van der Waals surface area contributed by atoms with Crippen molar-refractivity contribution in [2.24, 2.45) is 0 Å². The van der Waals surface area contributed by atoms with Crippen LogP contribution in [-0.4, -0.2) is 4.98 Å². The summed E-state index contributed by atoms with van der Waals surface area (Å²) in [6, 6.07) is 20.7. The Hall–Kier alpha value is -3.18. The molecule has 0 fully saturated rings. The van der Waals surface area contributed by atoms with Crippen LogP contribution >= 0.6 is 12.4 Å². The Morgan fingerprint density at radius 3 is 2.33 bits per heavy atom. The first-order chi connectivity index (χ1) is 12.6. The van der Waals surface area contributed by atoms with Crippen LogP contribution in [0.2, 0.25) is 0 Å². The number of pyridine rings is 1. The fourth-order valence-electron chi connectivity index (χ4n) is 2.83. The molecule has 0 spiro atoms. The minimum Gasteiger partial charge on any atom is -0.399 e. The van der Waals surface area contributed by atoms with E-state index in [1.165, 1.54) is 6.07 Å². The van der Waals surface area contributed by atoms with Crippen LogP contribution in [-0.2, 0) is 0 Å². The molecule has 3 nitrogen and oxygen atoms in total. The molecular formula is C21H16ClF2N3. The highest BCUT2D eigenvalue weighted by Gasteiger charge is 2.10. The SMILES string of the molecule is Cl.Nc1ccc2nc(-c3ccccc3)cc(Nc3ccc(F)c(F)c3)c2c1. The third-order valence-corrected chi connectivity index (χ3v) is 4.10. The highest BCUT2D eigenvalue weighted by Crippen LogP contribution is 2.32. The van der Waals surface area contributed by atoms with E-state index in [0.717, 1.165) is 34.3 Å². The maximum Gasteiger partial charge on any atom is 0.160 e. The van der Waals surface area contributed by atoms with E-state index in [0.29, 0.717) is 17.1 Å². The van der Waals surface area contributed by atoms with Gasteiger partial charge in [0, 0.05) is 28.4 Å². The molecule has 0 bridgehead atoms. The molecule has 0 saturated carbocycles. The van der Waals surface area contributed by atoms with Gasteiger partial charge in [0.2, 0.25) is 0 Å². The van der Waals surface area contributed by atoms with E-state index in [-0.39, 0.29) is 12.4 Å². The maximum absolute atomic E-state index is 13.6. The Kier molecular flexibility index (Phi) is 5.23. The molecule has 27 heavy (non-hydrogen) atoms. The smallest absolute Gasteiger partial charge is 0.160 e. The molecule has 0 unspecified atom stereocenters. The van der Waals surface area contributed by atoms with Gasteiger partial charge in [-0.2, -0.15) is 0 Å². The van der Waals surface area contributed by atoms with E-state index >= 15 is 0 Å². The molecule has 136 valence electrons. The van der Waals surface area contributed by atoms with Crippen molar-refractivity contribution in [3.8, 4) is 11.3 Å². The van der Waals surface area contributed by atoms with Gasteiger partial charge in [-0.1, -0.05) is 30.3 Å². The molecule has 1 heterocycles. The Bertz CT molecular complexity index is 1100. The second-order valence-electron chi connectivity index (χ2n) is 5.95. The average Bonchev–Trinajstić information content (AvgIpc) is 2.65. The number of hydrogen-bond donors (Lipinski definition) is 2. The molecule has 0 aliphatic heterocycles. The van der Waals surface area contributed by atoms with E-state index in [1.54, 1.807) is 12.1 Å². The van der Waals surface area contributed by atoms with E-state index in [4.69, 9.17) is 10.7 Å². The summed E-state index contributed by atoms with van der Waals surface area (Å²) < 4.78 is 26.8. The van der Waals surface area contributed by atoms with E-state index in [9.17, 15) is 8.78 Å². The van der Waals surface area contributed by atoms with Crippen molar-refractivity contribution in [3.05, 3.63) is 84.4 Å². The second-order valence-corrected chi connectivity index (χ2v) is 5.95. The van der Waals surface area contributed by atoms with Gasteiger partial charge in [0.05, 0.1) is 16.9 Å². The predicted molar refractivity (Wildman–Crippen MR) is 108 cm³/mol. The highest BCUT2D eigenvalue weighted by molar-refractivity contribution is 5.97. The van der Waals surface area contributed by atoms with Gasteiger partial charge in [-0.05, 0) is 36.4 Å². The Morgan fingerprint density at radius 2 is 1.59 bits per heavy atom. The van der Waals surface area contributed by atoms with Crippen molar-refractivity contribution >= 4 is 40.4 Å². The maximum atomic E-state index is 13.6. The van der Waals surface area contributed by atoms with Crippen molar-refractivity contribution in [3.63, 3.8) is 0 Å². The summed E-state index contributed by atoms with van der Waals surface area (Å²) >= 11 is 0. The van der Waals surface area contributed by atoms with Gasteiger partial charge in [-0.3, -0.25) is 0 Å². The largest absolute Gasteiger partial charge is 0.399 e. The van der Waals surface area contributed by atoms with Crippen molar-refractivity contribution in [1.29, 1.82) is 0 Å². The van der Waals surface area contributed by atoms with Gasteiger partial charge in [0.15, 0.2) is 11.6 Å². The van der Waals surface area contributed by atoms with Crippen LogP contribution in [0.15, 0.2) is 72.8 Å². The van der Waals surface area contributed by atoms with Gasteiger partial charge in [0.1, 0.15) is 0 Å². The van der Waals surface area contributed by atoms with E-state index < -0.39 is 11.6 Å². The number of benzene rings is 3. The molecule has 0 aliphatic carbocycles. The number of aromatic nitrogens is 1. The summed E-state index contributed by atoms with van der Waals surface area (Å²) in [7, 11) is 0. The quantitative estimate of drug-likeness (QED) is 0.431. The number of hydrogen-bond acceptors (Lipinski definition) is 3. The lowest BCUT2D eigenvalue weighted by Crippen LogP contribution is -1.97. The zero-order valence-electron chi connectivity index (χ0n) is 14.1. The van der Waals surface area contributed by atoms with Crippen molar-refractivity contribution in [2.45, 2.75) is 0 Å². The summed E-state index contributed by atoms with van der Waals surface area (Å²) in [5.74, 6) is -1.79. The monoisotopic (exact) mass is 383 g/mol. The molecule has 1 aromatic heterocycles. The van der Waals surface area contributed by atoms with Gasteiger partial charge in [-0.25, -0.2) is 13.8 Å². The first-order valence-electron chi connectivity index (χ1n) is 8.08. The summed E-state index contributed by atoms with van der Waals surface area (Å²) in [5.41, 5.74) is 10.2. The number of anilines is 3. The Balaban J connectivity index is 0.00000210. The number of nitrogens with zero attached hydrogens (tertiary/aromatic N) is 1. The molecule has 3 aromatic carbocycles. The number of nitrogen functional groups attached to an aromatic ring is 1. The fourth-order valence-corrected chi connectivity index (χ4v) is 2.83. The molecule has 6 heteroatoms. The number of fused-ring (bicyclic) bond motifs is 1. The fraction of sp³-hybridized carbons (Fsp3) is 0. The zero-order valence-corrected chi connectivity index (χ0v) is 14.9. The molecule has 0 saturated heterocycles. The van der Waals surface area contributed by atoms with Gasteiger partial charge in [0.25, 0.3) is 0 Å². The van der Waals surface area contributed by atoms with Crippen LogP contribution in [0.4, 0.5) is 25.8 Å². The zero-order chi connectivity index (χ0) is 18.1. The summed E-state index contributed by atoms with van der Waals surface area (Å²) in [5, 5.41) is 3.95. The van der Waals surface area contributed by atoms with Crippen LogP contribution in [0.3, 0.4) is 0 Å². The Labute approximate surface area is 161 Å². The number of nitrogens with one attached hydrogen (secondary N) is 1. The van der Waals surface area contributed by atoms with E-state index in [2.05, 4.69) is 5.32 Å². The van der Waals surface area contributed by atoms with Crippen LogP contribution < -0.4 is 11.1 Å². The first-order valence-corrected chi connectivity index (χ1v) is 8.08. The Morgan fingerprint density at radius 1 is 0.815 bits per heavy atom. The third kappa shape index (κ3) is 3.83. The summed E-state index contributed by atoms with van der Waals surface area (Å²) in [6.45, 7) is 0. The molecular weight excluding hydrogens is 368 g/mol. The first kappa shape index (κ1) is 18.6. The number of nitrogens with two attached hydrogens (primary N) is 1. The highest BCUT2D eigenvalue weighted by atomic mass is 35.5. The van der Waals surface area contributed by atoms with Crippen LogP contribution in [0.5, 0.6) is 0 Å². The lowest BCUT2D eigenvalue weighted by molar-refractivity contribution is 0.509. The minimum atomic E-state index is -0.906. The van der Waals surface area contributed by atoms with Gasteiger partial charge in [-0.15, -0.1) is 12.4 Å². The predicted octanol–water partition coefficient (Wildman–Crippen LogP) is 5.93. The standard InChI is InChI=1S/C21H15F2N3.ClH/c22-17-8-7-15(11-18(17)23)25-21-12-20(13-4-2-1-3-5-13)26-19-9-6-14(24)10-16(19)21;/h1-12H,24H2,(H,25,26);1H. The van der Waals surface area contributed by atoms with E-state index in [1.807, 2.05) is 42.5 Å². The molecule has 4 rings (SSSR count). The molecule has 0 amide bonds. The van der Waals surface area contributed by atoms with Crippen molar-refractivity contribution < 1.29 is 8.78 Å². The minimum absolute atomic E-state index is 0. The van der Waals surface area contributed by atoms with Crippen molar-refractivity contribution in [2.75, 3.05) is 11.1 Å². The lowest BCUT2D eigenvalue weighted by atomic mass is 10.1. The topological polar surface area (TPSA) is 50.9 Å².